The van der Waals surface area contributed by atoms with Crippen LogP contribution in [0.5, 0.6) is 11.6 Å². The van der Waals surface area contributed by atoms with Crippen LogP contribution in [0.1, 0.15) is 55.9 Å². The fourth-order valence-corrected chi connectivity index (χ4v) is 7.62. The number of fused-ring (bicyclic) bond motifs is 4. The van der Waals surface area contributed by atoms with E-state index in [2.05, 4.69) is 27.9 Å². The summed E-state index contributed by atoms with van der Waals surface area (Å²) < 4.78 is 33.5. The number of ether oxygens (including phenoxy) is 2. The van der Waals surface area contributed by atoms with Gasteiger partial charge in [0.1, 0.15) is 23.6 Å². The zero-order valence-corrected chi connectivity index (χ0v) is 26.3. The van der Waals surface area contributed by atoms with Gasteiger partial charge in [0.2, 0.25) is 5.88 Å². The van der Waals surface area contributed by atoms with E-state index in [0.717, 1.165) is 73.9 Å². The zero-order valence-electron chi connectivity index (χ0n) is 26.3. The average molecular weight is 623 g/mol. The molecule has 3 unspecified atom stereocenters. The molecule has 3 aliphatic heterocycles. The molecule has 1 N–H and O–H groups in total. The predicted octanol–water partition coefficient (Wildman–Crippen LogP) is 5.49. The lowest BCUT2D eigenvalue weighted by Crippen LogP contribution is -2.30. The molecule has 2 fully saturated rings. The molecule has 46 heavy (non-hydrogen) atoms. The number of hydrogen-bond donors (Lipinski definition) is 1. The molecule has 9 nitrogen and oxygen atoms in total. The first kappa shape index (κ1) is 29.1. The molecule has 2 saturated heterocycles. The van der Waals surface area contributed by atoms with Crippen LogP contribution in [0.15, 0.2) is 59.7 Å². The van der Waals surface area contributed by atoms with Crippen LogP contribution in [0, 0.1) is 5.82 Å². The van der Waals surface area contributed by atoms with Gasteiger partial charge in [0.05, 0.1) is 23.6 Å². The van der Waals surface area contributed by atoms with Crippen LogP contribution in [0.4, 0.5) is 4.39 Å². The Labute approximate surface area is 267 Å². The molecule has 4 aromatic heterocycles. The van der Waals surface area contributed by atoms with Crippen molar-refractivity contribution >= 4 is 21.8 Å². The van der Waals surface area contributed by atoms with E-state index in [1.165, 1.54) is 0 Å². The van der Waals surface area contributed by atoms with Gasteiger partial charge in [-0.3, -0.25) is 9.78 Å². The Morgan fingerprint density at radius 3 is 2.87 bits per heavy atom. The maximum absolute atomic E-state index is 16.9. The monoisotopic (exact) mass is 622 g/mol. The van der Waals surface area contributed by atoms with E-state index < -0.39 is 5.82 Å². The summed E-state index contributed by atoms with van der Waals surface area (Å²) in [6, 6.07) is 13.2. The molecule has 238 valence electrons. The third-order valence-corrected chi connectivity index (χ3v) is 10.1. The van der Waals surface area contributed by atoms with Gasteiger partial charge in [0.15, 0.2) is 5.82 Å². The summed E-state index contributed by atoms with van der Waals surface area (Å²) in [6.45, 7) is 5.76. The minimum atomic E-state index is -0.490. The third kappa shape index (κ3) is 4.86. The number of rotatable bonds is 7. The van der Waals surface area contributed by atoms with Crippen molar-refractivity contribution in [2.24, 2.45) is 0 Å². The van der Waals surface area contributed by atoms with Crippen LogP contribution in [-0.2, 0) is 6.42 Å². The Morgan fingerprint density at radius 2 is 2.07 bits per heavy atom. The highest BCUT2D eigenvalue weighted by atomic mass is 19.1. The molecular formula is C36H39FN6O3. The maximum atomic E-state index is 16.9. The van der Waals surface area contributed by atoms with Crippen molar-refractivity contribution in [3.05, 3.63) is 82.3 Å². The first-order valence-electron chi connectivity index (χ1n) is 16.5. The van der Waals surface area contributed by atoms with Crippen LogP contribution >= 0.6 is 0 Å². The number of benzene rings is 1. The van der Waals surface area contributed by atoms with Crippen LogP contribution in [-0.4, -0.2) is 69.9 Å². The van der Waals surface area contributed by atoms with Gasteiger partial charge in [0, 0.05) is 53.7 Å². The lowest BCUT2D eigenvalue weighted by molar-refractivity contribution is 0.195. The Hall–Kier alpha value is -4.28. The molecule has 0 bridgehead atoms. The van der Waals surface area contributed by atoms with Crippen LogP contribution in [0.3, 0.4) is 0 Å². The van der Waals surface area contributed by atoms with Gasteiger partial charge in [-0.15, -0.1) is 0 Å². The number of nitrogens with zero attached hydrogens (tertiary/aromatic N) is 5. The molecule has 1 aromatic carbocycles. The van der Waals surface area contributed by atoms with Gasteiger partial charge in [0.25, 0.3) is 5.56 Å². The molecule has 0 amide bonds. The van der Waals surface area contributed by atoms with Crippen molar-refractivity contribution < 1.29 is 13.9 Å². The summed E-state index contributed by atoms with van der Waals surface area (Å²) in [6.07, 6.45) is 8.47. The number of halogens is 1. The molecule has 10 heteroatoms. The number of likely N-dealkylation sites (N-methyl/N-ethyl adjacent to an activating group) is 1. The van der Waals surface area contributed by atoms with Crippen molar-refractivity contribution in [3.8, 4) is 22.9 Å². The van der Waals surface area contributed by atoms with Crippen molar-refractivity contribution in [2.75, 3.05) is 39.9 Å². The molecule has 0 radical (unpaired) electrons. The summed E-state index contributed by atoms with van der Waals surface area (Å²) >= 11 is 0. The second-order valence-corrected chi connectivity index (χ2v) is 12.9. The van der Waals surface area contributed by atoms with Crippen LogP contribution < -0.4 is 20.3 Å². The van der Waals surface area contributed by atoms with Crippen molar-refractivity contribution in [1.82, 2.24) is 29.3 Å². The van der Waals surface area contributed by atoms with Gasteiger partial charge in [-0.05, 0) is 82.9 Å². The standard InChI is InChI=1S/C36H39FN6O3/c1-22(42-16-4-3-12-30(42)44)29-18-27-34(43(29)24-13-14-38-19-24)28-20-39-32(26-11-5-8-23-9-7-17-45-35(23)26)31(37)33(28)40-36(27)46-21-25-10-6-15-41(25)2/h3-5,8,11-12,16,18,20,22,24-25,38H,6-7,9-10,13-15,17,19,21H2,1-2H3. The summed E-state index contributed by atoms with van der Waals surface area (Å²) in [7, 11) is 2.12. The lowest BCUT2D eigenvalue weighted by Gasteiger charge is -2.23. The van der Waals surface area contributed by atoms with Crippen LogP contribution in [0.2, 0.25) is 0 Å². The second-order valence-electron chi connectivity index (χ2n) is 12.9. The minimum Gasteiger partial charge on any atom is -0.493 e. The molecule has 5 aromatic rings. The zero-order chi connectivity index (χ0) is 31.4. The molecule has 3 aliphatic rings. The number of aryl methyl sites for hydroxylation is 1. The Bertz CT molecular complexity index is 2000. The largest absolute Gasteiger partial charge is 0.493 e. The van der Waals surface area contributed by atoms with Crippen molar-refractivity contribution in [1.29, 1.82) is 0 Å². The highest BCUT2D eigenvalue weighted by Crippen LogP contribution is 2.42. The first-order valence-corrected chi connectivity index (χ1v) is 16.5. The molecule has 0 aliphatic carbocycles. The number of aromatic nitrogens is 4. The van der Waals surface area contributed by atoms with E-state index in [1.54, 1.807) is 22.9 Å². The summed E-state index contributed by atoms with van der Waals surface area (Å²) in [5.74, 6) is 0.617. The van der Waals surface area contributed by atoms with Gasteiger partial charge in [-0.25, -0.2) is 9.37 Å². The first-order chi connectivity index (χ1) is 22.5. The molecular weight excluding hydrogens is 583 g/mol. The van der Waals surface area contributed by atoms with E-state index in [-0.39, 0.29) is 34.9 Å². The quantitative estimate of drug-likeness (QED) is 0.257. The Kier molecular flexibility index (Phi) is 7.49. The highest BCUT2D eigenvalue weighted by molar-refractivity contribution is 6.07. The number of hydrogen-bond acceptors (Lipinski definition) is 7. The summed E-state index contributed by atoms with van der Waals surface area (Å²) in [5.41, 5.74) is 3.86. The smallest absolute Gasteiger partial charge is 0.251 e. The summed E-state index contributed by atoms with van der Waals surface area (Å²) in [5, 5.41) is 4.93. The highest BCUT2D eigenvalue weighted by Gasteiger charge is 2.30. The third-order valence-electron chi connectivity index (χ3n) is 10.1. The lowest BCUT2D eigenvalue weighted by atomic mass is 9.99. The summed E-state index contributed by atoms with van der Waals surface area (Å²) in [4.78, 5) is 25.0. The maximum Gasteiger partial charge on any atom is 0.251 e. The SMILES string of the molecule is CC(c1cc2c(OCC3CCCN3C)nc3c(F)c(-c4cccc5c4OCCC5)ncc3c2n1C1CCNC1)n1ccccc1=O. The number of nitrogens with one attached hydrogen (secondary N) is 1. The average Bonchev–Trinajstić information content (AvgIpc) is 3.84. The Morgan fingerprint density at radius 1 is 1.15 bits per heavy atom. The topological polar surface area (TPSA) is 86.4 Å². The molecule has 8 rings (SSSR count). The number of para-hydroxylation sites is 1. The van der Waals surface area contributed by atoms with E-state index in [1.807, 2.05) is 37.4 Å². The minimum absolute atomic E-state index is 0.0779. The molecule has 0 saturated carbocycles. The number of pyridine rings is 3. The number of likely N-dealkylation sites (tertiary alicyclic amines) is 1. The van der Waals surface area contributed by atoms with E-state index in [9.17, 15) is 4.79 Å². The van der Waals surface area contributed by atoms with Gasteiger partial charge >= 0.3 is 0 Å². The molecule has 0 spiro atoms. The van der Waals surface area contributed by atoms with Crippen LogP contribution in [0.25, 0.3) is 33.1 Å². The second kappa shape index (κ2) is 11.8. The van der Waals surface area contributed by atoms with Gasteiger partial charge < -0.3 is 28.8 Å². The molecule has 3 atom stereocenters. The fraction of sp³-hybridized carbons (Fsp3) is 0.417. The van der Waals surface area contributed by atoms with Crippen molar-refractivity contribution in [3.63, 3.8) is 0 Å². The van der Waals surface area contributed by atoms with Gasteiger partial charge in [-0.1, -0.05) is 18.2 Å². The normalized spacial score (nSPS) is 20.7. The van der Waals surface area contributed by atoms with E-state index >= 15 is 4.39 Å². The van der Waals surface area contributed by atoms with E-state index in [4.69, 9.17) is 19.4 Å². The van der Waals surface area contributed by atoms with Crippen molar-refractivity contribution in [2.45, 2.75) is 57.2 Å². The molecule has 7 heterocycles. The van der Waals surface area contributed by atoms with Gasteiger partial charge in [-0.2, -0.15) is 0 Å². The fourth-order valence-electron chi connectivity index (χ4n) is 7.62. The Balaban J connectivity index is 1.37. The van der Waals surface area contributed by atoms with E-state index in [0.29, 0.717) is 35.8 Å². The predicted molar refractivity (Wildman–Crippen MR) is 176 cm³/mol.